The number of fused-ring (bicyclic) bond motifs is 1. The standard InChI is InChI=1S/C15H17N7O/c1-4-5-7-22-11-12(18-14(17-2)20(3)13(11)23)19-15(22)21-8-6-10(16)9-21/h10H,6-9,16H2,1,3H3. The first-order valence-electron chi connectivity index (χ1n) is 7.31. The van der Waals surface area contributed by atoms with Gasteiger partial charge >= 0.3 is 11.5 Å². The Morgan fingerprint density at radius 1 is 1.48 bits per heavy atom. The quantitative estimate of drug-likeness (QED) is 0.634. The first kappa shape index (κ1) is 15.1. The highest BCUT2D eigenvalue weighted by molar-refractivity contribution is 5.75. The number of hydrogen-bond acceptors (Lipinski definition) is 5. The minimum Gasteiger partial charge on any atom is -0.396 e. The van der Waals surface area contributed by atoms with Crippen molar-refractivity contribution in [1.82, 2.24) is 19.1 Å². The topological polar surface area (TPSA) is 86.3 Å². The molecule has 0 saturated carbocycles. The third-order valence-electron chi connectivity index (χ3n) is 3.96. The van der Waals surface area contributed by atoms with E-state index in [-0.39, 0.29) is 23.2 Å². The maximum atomic E-state index is 12.6. The molecular formula is C15H17N7O. The number of nitrogens with two attached hydrogens (primary N) is 1. The zero-order valence-corrected chi connectivity index (χ0v) is 13.1. The molecule has 118 valence electrons. The van der Waals surface area contributed by atoms with Gasteiger partial charge in [0, 0.05) is 26.2 Å². The SMILES string of the molecule is [C-]#[N+]c1nc2nc(N3CCC(N)C3)n(CC#CC)c2c(=O)n1C. The fourth-order valence-electron chi connectivity index (χ4n) is 2.76. The van der Waals surface area contributed by atoms with Gasteiger partial charge in [-0.05, 0) is 13.3 Å². The minimum absolute atomic E-state index is 0.0263. The summed E-state index contributed by atoms with van der Waals surface area (Å²) in [6.07, 6.45) is 0.876. The van der Waals surface area contributed by atoms with Gasteiger partial charge in [0.1, 0.15) is 0 Å². The van der Waals surface area contributed by atoms with E-state index in [2.05, 4.69) is 26.7 Å². The van der Waals surface area contributed by atoms with Gasteiger partial charge in [0.25, 0.3) is 0 Å². The second kappa shape index (κ2) is 5.75. The van der Waals surface area contributed by atoms with Gasteiger partial charge < -0.3 is 15.5 Å². The summed E-state index contributed by atoms with van der Waals surface area (Å²) in [5.41, 5.74) is 6.35. The smallest absolute Gasteiger partial charge is 0.343 e. The highest BCUT2D eigenvalue weighted by Gasteiger charge is 2.27. The maximum absolute atomic E-state index is 12.6. The second-order valence-electron chi connectivity index (χ2n) is 5.48. The first-order valence-corrected chi connectivity index (χ1v) is 7.31. The first-order chi connectivity index (χ1) is 11.1. The van der Waals surface area contributed by atoms with Gasteiger partial charge in [-0.2, -0.15) is 4.98 Å². The Kier molecular flexibility index (Phi) is 3.77. The molecule has 1 aliphatic rings. The molecular weight excluding hydrogens is 294 g/mol. The average Bonchev–Trinajstić information content (AvgIpc) is 3.12. The Hall–Kier alpha value is -2.84. The van der Waals surface area contributed by atoms with Crippen LogP contribution in [0.4, 0.5) is 11.9 Å². The van der Waals surface area contributed by atoms with Gasteiger partial charge in [0.05, 0.1) is 6.54 Å². The van der Waals surface area contributed by atoms with E-state index in [9.17, 15) is 4.79 Å². The zero-order valence-electron chi connectivity index (χ0n) is 13.1. The summed E-state index contributed by atoms with van der Waals surface area (Å²) in [6.45, 7) is 10.7. The molecule has 0 radical (unpaired) electrons. The summed E-state index contributed by atoms with van der Waals surface area (Å²) >= 11 is 0. The molecule has 3 heterocycles. The van der Waals surface area contributed by atoms with E-state index in [0.717, 1.165) is 13.0 Å². The van der Waals surface area contributed by atoms with Crippen LogP contribution in [0.25, 0.3) is 16.0 Å². The van der Waals surface area contributed by atoms with Gasteiger partial charge in [-0.3, -0.25) is 9.13 Å². The molecule has 0 amide bonds. The Balaban J connectivity index is 2.27. The van der Waals surface area contributed by atoms with Crippen molar-refractivity contribution in [3.05, 3.63) is 21.8 Å². The van der Waals surface area contributed by atoms with Crippen LogP contribution < -0.4 is 16.2 Å². The molecule has 1 unspecified atom stereocenters. The lowest BCUT2D eigenvalue weighted by Gasteiger charge is -2.17. The molecule has 0 bridgehead atoms. The highest BCUT2D eigenvalue weighted by atomic mass is 16.1. The fraction of sp³-hybridized carbons (Fsp3) is 0.467. The van der Waals surface area contributed by atoms with Crippen molar-refractivity contribution in [2.45, 2.75) is 25.9 Å². The molecule has 2 aromatic rings. The lowest BCUT2D eigenvalue weighted by Crippen LogP contribution is -2.29. The Morgan fingerprint density at radius 3 is 2.87 bits per heavy atom. The number of anilines is 1. The number of imidazole rings is 1. The zero-order chi connectivity index (χ0) is 16.6. The lowest BCUT2D eigenvalue weighted by atomic mass is 10.3. The number of hydrogen-bond donors (Lipinski definition) is 1. The molecule has 1 fully saturated rings. The predicted molar refractivity (Wildman–Crippen MR) is 87.3 cm³/mol. The van der Waals surface area contributed by atoms with E-state index in [1.165, 1.54) is 11.6 Å². The molecule has 3 rings (SSSR count). The molecule has 1 saturated heterocycles. The molecule has 0 aromatic carbocycles. The minimum atomic E-state index is -0.291. The van der Waals surface area contributed by atoms with Crippen molar-refractivity contribution in [3.63, 3.8) is 0 Å². The Labute approximate surface area is 133 Å². The summed E-state index contributed by atoms with van der Waals surface area (Å²) in [4.78, 5) is 26.6. The molecule has 0 spiro atoms. The van der Waals surface area contributed by atoms with Crippen molar-refractivity contribution >= 4 is 23.1 Å². The number of aromatic nitrogens is 4. The van der Waals surface area contributed by atoms with E-state index in [1.807, 2.05) is 4.90 Å². The summed E-state index contributed by atoms with van der Waals surface area (Å²) < 4.78 is 3.01. The van der Waals surface area contributed by atoms with Crippen molar-refractivity contribution in [3.8, 4) is 11.8 Å². The summed E-state index contributed by atoms with van der Waals surface area (Å²) in [5.74, 6) is 6.47. The number of nitrogens with zero attached hydrogens (tertiary/aromatic N) is 6. The molecule has 8 heteroatoms. The maximum Gasteiger partial charge on any atom is 0.343 e. The van der Waals surface area contributed by atoms with E-state index in [0.29, 0.717) is 24.6 Å². The fourth-order valence-corrected chi connectivity index (χ4v) is 2.76. The number of rotatable bonds is 2. The van der Waals surface area contributed by atoms with Crippen molar-refractivity contribution in [2.24, 2.45) is 12.8 Å². The largest absolute Gasteiger partial charge is 0.396 e. The third kappa shape index (κ3) is 2.43. The van der Waals surface area contributed by atoms with Crippen molar-refractivity contribution < 1.29 is 0 Å². The monoisotopic (exact) mass is 311 g/mol. The van der Waals surface area contributed by atoms with E-state index < -0.39 is 0 Å². The van der Waals surface area contributed by atoms with Crippen LogP contribution in [0.1, 0.15) is 13.3 Å². The Bertz CT molecular complexity index is 922. The van der Waals surface area contributed by atoms with E-state index >= 15 is 0 Å². The van der Waals surface area contributed by atoms with Crippen molar-refractivity contribution in [2.75, 3.05) is 18.0 Å². The van der Waals surface area contributed by atoms with Gasteiger partial charge in [0.2, 0.25) is 11.6 Å². The summed E-state index contributed by atoms with van der Waals surface area (Å²) in [6, 6.07) is 0.0927. The van der Waals surface area contributed by atoms with Crippen LogP contribution in [0.5, 0.6) is 0 Å². The molecule has 2 aromatic heterocycles. The van der Waals surface area contributed by atoms with Crippen LogP contribution in [-0.4, -0.2) is 38.2 Å². The molecule has 2 N–H and O–H groups in total. The van der Waals surface area contributed by atoms with Crippen molar-refractivity contribution in [1.29, 1.82) is 0 Å². The average molecular weight is 311 g/mol. The molecule has 8 nitrogen and oxygen atoms in total. The molecule has 1 aliphatic heterocycles. The molecule has 1 atom stereocenters. The summed E-state index contributed by atoms with van der Waals surface area (Å²) in [7, 11) is 1.54. The molecule has 23 heavy (non-hydrogen) atoms. The van der Waals surface area contributed by atoms with Crippen LogP contribution in [0.2, 0.25) is 0 Å². The second-order valence-corrected chi connectivity index (χ2v) is 5.48. The summed E-state index contributed by atoms with van der Waals surface area (Å²) in [5, 5.41) is 0. The van der Waals surface area contributed by atoms with E-state index in [4.69, 9.17) is 12.3 Å². The molecule has 0 aliphatic carbocycles. The van der Waals surface area contributed by atoms with Crippen LogP contribution in [0.15, 0.2) is 4.79 Å². The van der Waals surface area contributed by atoms with Crippen LogP contribution in [0.3, 0.4) is 0 Å². The lowest BCUT2D eigenvalue weighted by molar-refractivity contribution is 0.744. The third-order valence-corrected chi connectivity index (χ3v) is 3.96. The highest BCUT2D eigenvalue weighted by Crippen LogP contribution is 2.23. The van der Waals surface area contributed by atoms with Crippen LogP contribution >= 0.6 is 0 Å². The normalized spacial score (nSPS) is 17.1. The predicted octanol–water partition coefficient (Wildman–Crippen LogP) is 0.241. The van der Waals surface area contributed by atoms with Crippen LogP contribution in [0, 0.1) is 18.4 Å². The van der Waals surface area contributed by atoms with Crippen LogP contribution in [-0.2, 0) is 13.6 Å². The van der Waals surface area contributed by atoms with Gasteiger partial charge in [-0.25, -0.2) is 4.79 Å². The van der Waals surface area contributed by atoms with E-state index in [1.54, 1.807) is 11.5 Å². The van der Waals surface area contributed by atoms with Gasteiger partial charge in [-0.15, -0.1) is 17.5 Å². The van der Waals surface area contributed by atoms with Gasteiger partial charge in [-0.1, -0.05) is 5.92 Å². The van der Waals surface area contributed by atoms with Gasteiger partial charge in [0.15, 0.2) is 5.52 Å². The Morgan fingerprint density at radius 2 is 2.26 bits per heavy atom.